The van der Waals surface area contributed by atoms with Crippen molar-refractivity contribution in [3.8, 4) is 0 Å². The average Bonchev–Trinajstić information content (AvgIpc) is 2.88. The molecule has 1 N–H and O–H groups in total. The minimum absolute atomic E-state index is 0.0266. The first-order valence-electron chi connectivity index (χ1n) is 12.4. The zero-order chi connectivity index (χ0) is 25.9. The SMILES string of the molecule is CCC(C)NC(=O)C(Cc1ccccc1)N(Cc1ccc(Cl)cc1)C(=O)CSCc1ccccc1C. The summed E-state index contributed by atoms with van der Waals surface area (Å²) in [4.78, 5) is 28.9. The van der Waals surface area contributed by atoms with Crippen molar-refractivity contribution >= 4 is 35.2 Å². The van der Waals surface area contributed by atoms with Crippen LogP contribution in [0.15, 0.2) is 78.9 Å². The maximum atomic E-state index is 13.7. The average molecular weight is 523 g/mol. The molecule has 3 aromatic carbocycles. The van der Waals surface area contributed by atoms with Gasteiger partial charge in [-0.25, -0.2) is 0 Å². The molecule has 3 aromatic rings. The van der Waals surface area contributed by atoms with Crippen molar-refractivity contribution in [3.05, 3.63) is 106 Å². The molecule has 0 bridgehead atoms. The summed E-state index contributed by atoms with van der Waals surface area (Å²) in [7, 11) is 0. The second kappa shape index (κ2) is 14.1. The van der Waals surface area contributed by atoms with Crippen molar-refractivity contribution in [2.45, 2.75) is 58.0 Å². The molecule has 2 unspecified atom stereocenters. The molecule has 36 heavy (non-hydrogen) atoms. The number of rotatable bonds is 12. The summed E-state index contributed by atoms with van der Waals surface area (Å²) in [6.07, 6.45) is 1.27. The van der Waals surface area contributed by atoms with Gasteiger partial charge >= 0.3 is 0 Å². The highest BCUT2D eigenvalue weighted by molar-refractivity contribution is 7.99. The molecule has 0 aliphatic rings. The molecule has 3 rings (SSSR count). The van der Waals surface area contributed by atoms with Crippen LogP contribution in [-0.2, 0) is 28.3 Å². The Kier molecular flexibility index (Phi) is 10.9. The standard InChI is InChI=1S/C30H35ClN2O2S/c1-4-23(3)32-30(35)28(18-24-11-6-5-7-12-24)33(19-25-14-16-27(31)17-15-25)29(34)21-36-20-26-13-9-8-10-22(26)2/h5-17,23,28H,4,18-21H2,1-3H3,(H,32,35). The van der Waals surface area contributed by atoms with Gasteiger partial charge in [0, 0.05) is 29.8 Å². The Morgan fingerprint density at radius 2 is 1.61 bits per heavy atom. The molecule has 0 radical (unpaired) electrons. The Balaban J connectivity index is 1.85. The van der Waals surface area contributed by atoms with Crippen molar-refractivity contribution in [2.75, 3.05) is 5.75 Å². The van der Waals surface area contributed by atoms with Crippen LogP contribution in [0.5, 0.6) is 0 Å². The highest BCUT2D eigenvalue weighted by Gasteiger charge is 2.30. The summed E-state index contributed by atoms with van der Waals surface area (Å²) in [5.41, 5.74) is 4.38. The summed E-state index contributed by atoms with van der Waals surface area (Å²) in [5, 5.41) is 3.75. The Hall–Kier alpha value is -2.76. The lowest BCUT2D eigenvalue weighted by molar-refractivity contribution is -0.139. The fraction of sp³-hybridized carbons (Fsp3) is 0.333. The second-order valence-corrected chi connectivity index (χ2v) is 10.5. The van der Waals surface area contributed by atoms with E-state index in [4.69, 9.17) is 11.6 Å². The maximum Gasteiger partial charge on any atom is 0.243 e. The van der Waals surface area contributed by atoms with Gasteiger partial charge in [-0.1, -0.05) is 85.3 Å². The van der Waals surface area contributed by atoms with E-state index in [-0.39, 0.29) is 17.9 Å². The number of hydrogen-bond donors (Lipinski definition) is 1. The number of thioether (sulfide) groups is 1. The van der Waals surface area contributed by atoms with E-state index in [1.165, 1.54) is 11.1 Å². The Labute approximate surface area is 224 Å². The van der Waals surface area contributed by atoms with E-state index in [1.54, 1.807) is 16.7 Å². The quantitative estimate of drug-likeness (QED) is 0.298. The molecule has 190 valence electrons. The summed E-state index contributed by atoms with van der Waals surface area (Å²) in [6, 6.07) is 25.0. The van der Waals surface area contributed by atoms with Gasteiger partial charge in [0.25, 0.3) is 0 Å². The summed E-state index contributed by atoms with van der Waals surface area (Å²) >= 11 is 7.68. The highest BCUT2D eigenvalue weighted by Crippen LogP contribution is 2.20. The van der Waals surface area contributed by atoms with E-state index < -0.39 is 6.04 Å². The van der Waals surface area contributed by atoms with Crippen LogP contribution < -0.4 is 5.32 Å². The van der Waals surface area contributed by atoms with Gasteiger partial charge in [-0.3, -0.25) is 9.59 Å². The number of aryl methyl sites for hydroxylation is 1. The van der Waals surface area contributed by atoms with Crippen LogP contribution in [0.2, 0.25) is 5.02 Å². The van der Waals surface area contributed by atoms with Crippen LogP contribution in [0.1, 0.15) is 42.5 Å². The van der Waals surface area contributed by atoms with E-state index in [2.05, 4.69) is 24.4 Å². The van der Waals surface area contributed by atoms with Crippen LogP contribution in [0.3, 0.4) is 0 Å². The molecule has 6 heteroatoms. The van der Waals surface area contributed by atoms with Gasteiger partial charge in [-0.15, -0.1) is 11.8 Å². The largest absolute Gasteiger partial charge is 0.352 e. The van der Waals surface area contributed by atoms with Gasteiger partial charge in [0.2, 0.25) is 11.8 Å². The molecular weight excluding hydrogens is 488 g/mol. The molecule has 0 aliphatic carbocycles. The molecule has 2 atom stereocenters. The Morgan fingerprint density at radius 3 is 2.28 bits per heavy atom. The molecular formula is C30H35ClN2O2S. The summed E-state index contributed by atoms with van der Waals surface area (Å²) < 4.78 is 0. The van der Waals surface area contributed by atoms with Crippen molar-refractivity contribution in [1.29, 1.82) is 0 Å². The minimum Gasteiger partial charge on any atom is -0.352 e. The molecule has 2 amide bonds. The first-order valence-corrected chi connectivity index (χ1v) is 13.9. The molecule has 0 aromatic heterocycles. The zero-order valence-electron chi connectivity index (χ0n) is 21.2. The van der Waals surface area contributed by atoms with E-state index in [0.29, 0.717) is 23.7 Å². The van der Waals surface area contributed by atoms with Gasteiger partial charge in [-0.05, 0) is 54.7 Å². The van der Waals surface area contributed by atoms with Crippen molar-refractivity contribution in [1.82, 2.24) is 10.2 Å². The van der Waals surface area contributed by atoms with Gasteiger partial charge in [0.15, 0.2) is 0 Å². The molecule has 0 aliphatic heterocycles. The van der Waals surface area contributed by atoms with Crippen LogP contribution >= 0.6 is 23.4 Å². The lowest BCUT2D eigenvalue weighted by Crippen LogP contribution is -2.52. The highest BCUT2D eigenvalue weighted by atomic mass is 35.5. The van der Waals surface area contributed by atoms with Crippen molar-refractivity contribution < 1.29 is 9.59 Å². The Morgan fingerprint density at radius 1 is 0.944 bits per heavy atom. The number of hydrogen-bond acceptors (Lipinski definition) is 3. The van der Waals surface area contributed by atoms with Gasteiger partial charge in [-0.2, -0.15) is 0 Å². The number of carbonyl (C=O) groups is 2. The van der Waals surface area contributed by atoms with E-state index in [9.17, 15) is 9.59 Å². The number of nitrogens with zero attached hydrogens (tertiary/aromatic N) is 1. The molecule has 0 spiro atoms. The van der Waals surface area contributed by atoms with Gasteiger partial charge < -0.3 is 10.2 Å². The smallest absolute Gasteiger partial charge is 0.243 e. The van der Waals surface area contributed by atoms with Crippen LogP contribution in [-0.4, -0.2) is 34.6 Å². The van der Waals surface area contributed by atoms with Crippen molar-refractivity contribution in [3.63, 3.8) is 0 Å². The zero-order valence-corrected chi connectivity index (χ0v) is 22.8. The summed E-state index contributed by atoms with van der Waals surface area (Å²) in [6.45, 7) is 6.45. The first kappa shape index (κ1) is 27.8. The number of halogens is 1. The topological polar surface area (TPSA) is 49.4 Å². The maximum absolute atomic E-state index is 13.7. The predicted octanol–water partition coefficient (Wildman–Crippen LogP) is 6.44. The van der Waals surface area contributed by atoms with E-state index in [1.807, 2.05) is 80.6 Å². The molecule has 0 fully saturated rings. The van der Waals surface area contributed by atoms with Crippen LogP contribution in [0, 0.1) is 6.92 Å². The number of nitrogens with one attached hydrogen (secondary N) is 1. The van der Waals surface area contributed by atoms with Crippen LogP contribution in [0.4, 0.5) is 0 Å². The van der Waals surface area contributed by atoms with Gasteiger partial charge in [0.1, 0.15) is 6.04 Å². The van der Waals surface area contributed by atoms with Gasteiger partial charge in [0.05, 0.1) is 5.75 Å². The summed E-state index contributed by atoms with van der Waals surface area (Å²) in [5.74, 6) is 0.864. The van der Waals surface area contributed by atoms with E-state index >= 15 is 0 Å². The number of carbonyl (C=O) groups excluding carboxylic acids is 2. The lowest BCUT2D eigenvalue weighted by atomic mass is 10.0. The molecule has 0 saturated heterocycles. The minimum atomic E-state index is -0.622. The fourth-order valence-corrected chi connectivity index (χ4v) is 5.00. The van der Waals surface area contributed by atoms with E-state index in [0.717, 1.165) is 23.3 Å². The Bertz CT molecular complexity index is 1120. The number of amides is 2. The molecule has 0 saturated carbocycles. The fourth-order valence-electron chi connectivity index (χ4n) is 3.88. The van der Waals surface area contributed by atoms with Crippen molar-refractivity contribution in [2.24, 2.45) is 0 Å². The predicted molar refractivity (Wildman–Crippen MR) is 151 cm³/mol. The molecule has 0 heterocycles. The second-order valence-electron chi connectivity index (χ2n) is 9.09. The third-order valence-electron chi connectivity index (χ3n) is 6.28. The lowest BCUT2D eigenvalue weighted by Gasteiger charge is -2.32. The third kappa shape index (κ3) is 8.42. The first-order chi connectivity index (χ1) is 17.4. The normalized spacial score (nSPS) is 12.6. The number of benzene rings is 3. The molecule has 4 nitrogen and oxygen atoms in total. The third-order valence-corrected chi connectivity index (χ3v) is 7.50. The monoisotopic (exact) mass is 522 g/mol. The van der Waals surface area contributed by atoms with Crippen LogP contribution in [0.25, 0.3) is 0 Å².